The number of carbonyl (C=O) groups is 3. The first-order valence-electron chi connectivity index (χ1n) is 5.82. The Hall–Kier alpha value is -1.39. The minimum absolute atomic E-state index is 0.445. The highest BCUT2D eigenvalue weighted by atomic mass is 16.2. The van der Waals surface area contributed by atoms with Crippen LogP contribution >= 0.6 is 0 Å². The smallest absolute Gasteiger partial charge is 0.277 e. The average Bonchev–Trinajstić information content (AvgIpc) is 2.25. The number of urea groups is 1. The van der Waals surface area contributed by atoms with Gasteiger partial charge in [-0.2, -0.15) is 0 Å². The highest BCUT2D eigenvalue weighted by Crippen LogP contribution is 2.29. The highest BCUT2D eigenvalue weighted by Gasteiger charge is 2.35. The Morgan fingerprint density at radius 2 is 1.50 bits per heavy atom. The number of rotatable bonds is 2. The molecule has 1 aliphatic carbocycles. The molecule has 4 amide bonds. The lowest BCUT2D eigenvalue weighted by molar-refractivity contribution is -0.136. The van der Waals surface area contributed by atoms with Crippen molar-refractivity contribution in [2.45, 2.75) is 38.5 Å². The summed E-state index contributed by atoms with van der Waals surface area (Å²) in [6, 6.07) is -0.699. The summed E-state index contributed by atoms with van der Waals surface area (Å²) in [4.78, 5) is 33.8. The summed E-state index contributed by atoms with van der Waals surface area (Å²) in [7, 11) is 0. The third kappa shape index (κ3) is 2.40. The maximum Gasteiger partial charge on any atom is 0.328 e. The van der Waals surface area contributed by atoms with Crippen molar-refractivity contribution in [2.75, 3.05) is 0 Å². The van der Waals surface area contributed by atoms with Crippen molar-refractivity contribution in [2.24, 2.45) is 11.8 Å². The minimum atomic E-state index is -0.699. The Labute approximate surface area is 94.0 Å². The molecule has 0 aromatic heterocycles. The first-order valence-corrected chi connectivity index (χ1v) is 5.82. The second-order valence-electron chi connectivity index (χ2n) is 4.60. The van der Waals surface area contributed by atoms with Crippen LogP contribution in [0.4, 0.5) is 4.79 Å². The maximum atomic E-state index is 11.5. The van der Waals surface area contributed by atoms with Gasteiger partial charge in [-0.05, 0) is 12.3 Å². The molecule has 1 heterocycles. The lowest BCUT2D eigenvalue weighted by atomic mass is 9.82. The van der Waals surface area contributed by atoms with Crippen LogP contribution in [0.3, 0.4) is 0 Å². The standard InChI is InChI=1S/C11H16N2O3/c14-9-8(10(15)13-11(16)12-9)6-7-4-2-1-3-5-7/h7-8H,1-6H2,(H2,12,13,14,15,16). The summed E-state index contributed by atoms with van der Waals surface area (Å²) < 4.78 is 0. The van der Waals surface area contributed by atoms with Crippen LogP contribution in [-0.2, 0) is 9.59 Å². The second kappa shape index (κ2) is 4.63. The van der Waals surface area contributed by atoms with Crippen molar-refractivity contribution in [3.63, 3.8) is 0 Å². The van der Waals surface area contributed by atoms with Crippen molar-refractivity contribution < 1.29 is 14.4 Å². The van der Waals surface area contributed by atoms with Gasteiger partial charge in [0.2, 0.25) is 11.8 Å². The summed E-state index contributed by atoms with van der Waals surface area (Å²) in [6.07, 6.45) is 6.36. The minimum Gasteiger partial charge on any atom is -0.277 e. The van der Waals surface area contributed by atoms with Gasteiger partial charge < -0.3 is 0 Å². The van der Waals surface area contributed by atoms with Gasteiger partial charge in [-0.3, -0.25) is 20.2 Å². The number of nitrogens with one attached hydrogen (secondary N) is 2. The predicted molar refractivity (Wildman–Crippen MR) is 56.4 cm³/mol. The van der Waals surface area contributed by atoms with E-state index in [2.05, 4.69) is 10.6 Å². The van der Waals surface area contributed by atoms with E-state index in [-0.39, 0.29) is 0 Å². The fraction of sp³-hybridized carbons (Fsp3) is 0.727. The molecular weight excluding hydrogens is 208 g/mol. The van der Waals surface area contributed by atoms with Crippen molar-refractivity contribution >= 4 is 17.8 Å². The lowest BCUT2D eigenvalue weighted by Gasteiger charge is -2.27. The van der Waals surface area contributed by atoms with Gasteiger partial charge >= 0.3 is 6.03 Å². The molecule has 0 aromatic rings. The van der Waals surface area contributed by atoms with E-state index in [1.54, 1.807) is 0 Å². The van der Waals surface area contributed by atoms with Gasteiger partial charge in [-0.25, -0.2) is 4.79 Å². The summed E-state index contributed by atoms with van der Waals surface area (Å²) in [5.41, 5.74) is 0. The number of barbiturate groups is 1. The Kier molecular flexibility index (Phi) is 3.22. The van der Waals surface area contributed by atoms with Gasteiger partial charge in [0.1, 0.15) is 5.92 Å². The Morgan fingerprint density at radius 1 is 0.938 bits per heavy atom. The average molecular weight is 224 g/mol. The molecule has 1 aliphatic heterocycles. The molecule has 0 bridgehead atoms. The summed E-state index contributed by atoms with van der Waals surface area (Å²) >= 11 is 0. The van der Waals surface area contributed by atoms with Crippen molar-refractivity contribution in [1.82, 2.24) is 10.6 Å². The van der Waals surface area contributed by atoms with E-state index >= 15 is 0 Å². The van der Waals surface area contributed by atoms with Gasteiger partial charge in [-0.15, -0.1) is 0 Å². The maximum absolute atomic E-state index is 11.5. The molecule has 5 nitrogen and oxygen atoms in total. The van der Waals surface area contributed by atoms with Crippen LogP contribution in [0.15, 0.2) is 0 Å². The zero-order valence-electron chi connectivity index (χ0n) is 9.12. The molecule has 0 aromatic carbocycles. The van der Waals surface area contributed by atoms with Crippen molar-refractivity contribution in [1.29, 1.82) is 0 Å². The first-order chi connectivity index (χ1) is 7.66. The molecule has 88 valence electrons. The van der Waals surface area contributed by atoms with Gasteiger partial charge in [0.25, 0.3) is 0 Å². The van der Waals surface area contributed by atoms with E-state index in [0.717, 1.165) is 12.8 Å². The van der Waals surface area contributed by atoms with E-state index in [4.69, 9.17) is 0 Å². The quantitative estimate of drug-likeness (QED) is 0.685. The van der Waals surface area contributed by atoms with Gasteiger partial charge in [0.15, 0.2) is 0 Å². The van der Waals surface area contributed by atoms with Crippen LogP contribution in [0.25, 0.3) is 0 Å². The van der Waals surface area contributed by atoms with E-state index in [1.807, 2.05) is 0 Å². The SMILES string of the molecule is O=C1NC(=O)C(CC2CCCCC2)C(=O)N1. The van der Waals surface area contributed by atoms with Crippen molar-refractivity contribution in [3.05, 3.63) is 0 Å². The highest BCUT2D eigenvalue weighted by molar-refractivity contribution is 6.16. The van der Waals surface area contributed by atoms with Crippen molar-refractivity contribution in [3.8, 4) is 0 Å². The van der Waals surface area contributed by atoms with E-state index in [0.29, 0.717) is 12.3 Å². The zero-order chi connectivity index (χ0) is 11.5. The molecule has 2 fully saturated rings. The number of imide groups is 2. The number of amides is 4. The molecule has 2 N–H and O–H groups in total. The summed E-state index contributed by atoms with van der Waals surface area (Å²) in [6.45, 7) is 0. The Balaban J connectivity index is 1.94. The first kappa shape index (κ1) is 11.1. The van der Waals surface area contributed by atoms with Crippen LogP contribution in [-0.4, -0.2) is 17.8 Å². The van der Waals surface area contributed by atoms with E-state index in [1.165, 1.54) is 19.3 Å². The van der Waals surface area contributed by atoms with Gasteiger partial charge in [0, 0.05) is 0 Å². The second-order valence-corrected chi connectivity index (χ2v) is 4.60. The van der Waals surface area contributed by atoms with Gasteiger partial charge in [0.05, 0.1) is 0 Å². The molecule has 5 heteroatoms. The third-order valence-corrected chi connectivity index (χ3v) is 3.40. The Bertz CT molecular complexity index is 301. The molecule has 2 aliphatic rings. The van der Waals surface area contributed by atoms with Crippen LogP contribution in [0.2, 0.25) is 0 Å². The molecular formula is C11H16N2O3. The monoisotopic (exact) mass is 224 g/mol. The fourth-order valence-electron chi connectivity index (χ4n) is 2.52. The third-order valence-electron chi connectivity index (χ3n) is 3.40. The molecule has 2 rings (SSSR count). The van der Waals surface area contributed by atoms with E-state index < -0.39 is 23.8 Å². The van der Waals surface area contributed by atoms with Crippen LogP contribution in [0.5, 0.6) is 0 Å². The lowest BCUT2D eigenvalue weighted by Crippen LogP contribution is -2.56. The molecule has 0 spiro atoms. The number of hydrogen-bond donors (Lipinski definition) is 2. The molecule has 1 saturated heterocycles. The largest absolute Gasteiger partial charge is 0.328 e. The molecule has 0 unspecified atom stereocenters. The molecule has 1 saturated carbocycles. The molecule has 0 atom stereocenters. The summed E-state index contributed by atoms with van der Waals surface area (Å²) in [5, 5.41) is 4.28. The predicted octanol–water partition coefficient (Wildman–Crippen LogP) is 0.939. The van der Waals surface area contributed by atoms with E-state index in [9.17, 15) is 14.4 Å². The number of carbonyl (C=O) groups excluding carboxylic acids is 3. The molecule has 16 heavy (non-hydrogen) atoms. The number of hydrogen-bond acceptors (Lipinski definition) is 3. The fourth-order valence-corrected chi connectivity index (χ4v) is 2.52. The zero-order valence-corrected chi connectivity index (χ0v) is 9.12. The normalized spacial score (nSPS) is 24.1. The van der Waals surface area contributed by atoms with Crippen LogP contribution in [0.1, 0.15) is 38.5 Å². The van der Waals surface area contributed by atoms with Crippen LogP contribution < -0.4 is 10.6 Å². The molecule has 0 radical (unpaired) electrons. The Morgan fingerprint density at radius 3 is 2.06 bits per heavy atom. The van der Waals surface area contributed by atoms with Gasteiger partial charge in [-0.1, -0.05) is 32.1 Å². The summed E-state index contributed by atoms with van der Waals surface area (Å²) in [5.74, 6) is -1.12. The topological polar surface area (TPSA) is 75.3 Å². The van der Waals surface area contributed by atoms with Crippen LogP contribution in [0, 0.1) is 11.8 Å².